The van der Waals surface area contributed by atoms with Gasteiger partial charge in [-0.25, -0.2) is 4.39 Å². The van der Waals surface area contributed by atoms with Crippen molar-refractivity contribution in [2.75, 3.05) is 20.6 Å². The molecule has 3 aliphatic carbocycles. The molecular weight excluding hydrogens is 556 g/mol. The van der Waals surface area contributed by atoms with E-state index in [0.29, 0.717) is 12.5 Å². The number of ketones is 2. The normalized spacial score (nSPS) is 26.1. The number of Topliss-reactive ketones (excluding diaryl/α,β-unsaturated/α-hetero) is 2. The number of aliphatic hydroxyl groups is 3. The molecule has 1 amide bonds. The van der Waals surface area contributed by atoms with Crippen molar-refractivity contribution >= 4 is 48.0 Å². The zero-order valence-corrected chi connectivity index (χ0v) is 23.6. The molecule has 0 saturated heterocycles. The number of aromatic hydroxyl groups is 1. The highest BCUT2D eigenvalue weighted by atomic mass is 35.5. The number of carbonyl (C=O) groups is 3. The summed E-state index contributed by atoms with van der Waals surface area (Å²) in [6.07, 6.45) is -0.187. The van der Waals surface area contributed by atoms with Gasteiger partial charge in [-0.15, -0.1) is 24.8 Å². The molecule has 0 spiro atoms. The van der Waals surface area contributed by atoms with Crippen LogP contribution in [0, 0.1) is 23.6 Å². The van der Waals surface area contributed by atoms with Crippen LogP contribution in [0.3, 0.4) is 0 Å². The summed E-state index contributed by atoms with van der Waals surface area (Å²) >= 11 is 0. The number of nitrogens with two attached hydrogens (primary N) is 1. The van der Waals surface area contributed by atoms with Crippen LogP contribution in [-0.2, 0) is 27.3 Å². The molecule has 13 heteroatoms. The summed E-state index contributed by atoms with van der Waals surface area (Å²) in [5.41, 5.74) is 1.34. The highest BCUT2D eigenvalue weighted by molar-refractivity contribution is 6.24. The molecule has 1 aromatic carbocycles. The first-order valence-corrected chi connectivity index (χ1v) is 12.1. The van der Waals surface area contributed by atoms with Gasteiger partial charge in [0.1, 0.15) is 28.7 Å². The van der Waals surface area contributed by atoms with Crippen molar-refractivity contribution in [2.45, 2.75) is 44.9 Å². The molecular formula is C26H34Cl2FN3O7. The van der Waals surface area contributed by atoms with Gasteiger partial charge in [-0.1, -0.05) is 13.8 Å². The summed E-state index contributed by atoms with van der Waals surface area (Å²) < 4.78 is 15.6. The summed E-state index contributed by atoms with van der Waals surface area (Å²) in [7, 11) is 3.03. The maximum absolute atomic E-state index is 15.6. The lowest BCUT2D eigenvalue weighted by molar-refractivity contribution is -0.153. The van der Waals surface area contributed by atoms with Crippen LogP contribution in [0.1, 0.15) is 37.0 Å². The molecule has 3 aliphatic rings. The summed E-state index contributed by atoms with van der Waals surface area (Å²) in [6.45, 7) is 4.75. The Kier molecular flexibility index (Phi) is 9.52. The van der Waals surface area contributed by atoms with Gasteiger partial charge in [0, 0.05) is 29.2 Å². The van der Waals surface area contributed by atoms with E-state index in [1.165, 1.54) is 25.1 Å². The zero-order valence-electron chi connectivity index (χ0n) is 21.9. The fourth-order valence-electron chi connectivity index (χ4n) is 5.97. The average Bonchev–Trinajstić information content (AvgIpc) is 2.78. The minimum Gasteiger partial charge on any atom is -0.508 e. The van der Waals surface area contributed by atoms with Crippen LogP contribution in [0.5, 0.6) is 5.75 Å². The van der Waals surface area contributed by atoms with E-state index in [1.54, 1.807) is 0 Å². The first-order valence-electron chi connectivity index (χ1n) is 12.1. The lowest BCUT2D eigenvalue weighted by atomic mass is 9.57. The SMILES string of the molecule is CC(C)CNCc1cc(O)c2c(c1F)C[C@H]1C[C@H]3[C@H](N(C)C)C(=O)C(C(N)=O)=C(O)[C@@]3(O)C(=O)C1=C2O.Cl.Cl. The number of phenolic OH excluding ortho intramolecular Hbond substituents is 1. The van der Waals surface area contributed by atoms with Crippen LogP contribution >= 0.6 is 24.8 Å². The van der Waals surface area contributed by atoms with Crippen molar-refractivity contribution in [2.24, 2.45) is 23.5 Å². The van der Waals surface area contributed by atoms with Gasteiger partial charge in [0.15, 0.2) is 11.4 Å². The van der Waals surface area contributed by atoms with Crippen molar-refractivity contribution in [3.63, 3.8) is 0 Å². The highest BCUT2D eigenvalue weighted by Gasteiger charge is 2.64. The number of fused-ring (bicyclic) bond motifs is 3. The standard InChI is InChI=1S/C26H32FN3O7.2ClH/c1-10(2)8-29-9-12-7-15(31)17-13(19(12)27)5-11-6-14-20(30(3)4)22(33)18(25(28)36)24(35)26(14,37)23(34)16(11)21(17)32;;/h7,10-11,14,20,29,31-32,35,37H,5-6,8-9H2,1-4H3,(H2,28,36);2*1H/t11-,14-,20-,26-;;/m0../s1. The van der Waals surface area contributed by atoms with E-state index >= 15 is 4.39 Å². The van der Waals surface area contributed by atoms with E-state index in [9.17, 15) is 34.8 Å². The Hall–Kier alpha value is -2.70. The largest absolute Gasteiger partial charge is 0.508 e. The number of hydrogen-bond acceptors (Lipinski definition) is 9. The van der Waals surface area contributed by atoms with Gasteiger partial charge < -0.3 is 31.5 Å². The number of amides is 1. The Bertz CT molecular complexity index is 1280. The number of primary amides is 1. The molecule has 1 aromatic rings. The Labute approximate surface area is 237 Å². The molecule has 4 atom stereocenters. The minimum absolute atomic E-state index is 0. The van der Waals surface area contributed by atoms with E-state index in [-0.39, 0.29) is 66.5 Å². The maximum atomic E-state index is 15.6. The second-order valence-corrected chi connectivity index (χ2v) is 10.7. The number of phenols is 1. The molecule has 1 fully saturated rings. The molecule has 1 saturated carbocycles. The number of carbonyl (C=O) groups excluding carboxylic acids is 3. The molecule has 10 nitrogen and oxygen atoms in total. The number of hydrogen-bond donors (Lipinski definition) is 6. The monoisotopic (exact) mass is 589 g/mol. The molecule has 7 N–H and O–H groups in total. The van der Waals surface area contributed by atoms with Crippen LogP contribution in [0.25, 0.3) is 5.76 Å². The topological polar surface area (TPSA) is 173 Å². The van der Waals surface area contributed by atoms with Gasteiger partial charge in [0.25, 0.3) is 5.91 Å². The van der Waals surface area contributed by atoms with Gasteiger partial charge in [0.05, 0.1) is 11.6 Å². The Morgan fingerprint density at radius 3 is 2.38 bits per heavy atom. The first-order chi connectivity index (χ1) is 17.2. The predicted molar refractivity (Wildman–Crippen MR) is 145 cm³/mol. The number of likely N-dealkylation sites (N-methyl/N-ethyl adjacent to an activating group) is 1. The van der Waals surface area contributed by atoms with E-state index in [4.69, 9.17) is 5.73 Å². The Morgan fingerprint density at radius 2 is 1.85 bits per heavy atom. The summed E-state index contributed by atoms with van der Waals surface area (Å²) in [5.74, 6) is -7.94. The molecule has 0 aliphatic heterocycles. The molecule has 39 heavy (non-hydrogen) atoms. The van der Waals surface area contributed by atoms with Crippen molar-refractivity contribution in [1.29, 1.82) is 0 Å². The molecule has 0 bridgehead atoms. The quantitative estimate of drug-likeness (QED) is 0.270. The third-order valence-corrected chi connectivity index (χ3v) is 7.60. The van der Waals surface area contributed by atoms with Crippen LogP contribution < -0.4 is 11.1 Å². The number of nitrogens with zero attached hydrogens (tertiary/aromatic N) is 1. The predicted octanol–water partition coefficient (Wildman–Crippen LogP) is 1.69. The molecule has 0 radical (unpaired) electrons. The van der Waals surface area contributed by atoms with Crippen molar-refractivity contribution in [3.8, 4) is 5.75 Å². The lowest BCUT2D eigenvalue weighted by Gasteiger charge is -2.50. The highest BCUT2D eigenvalue weighted by Crippen LogP contribution is 2.53. The molecule has 0 unspecified atom stereocenters. The number of nitrogens with one attached hydrogen (secondary N) is 1. The Balaban J connectivity index is 0.00000267. The second-order valence-electron chi connectivity index (χ2n) is 10.7. The maximum Gasteiger partial charge on any atom is 0.255 e. The fraction of sp³-hybridized carbons (Fsp3) is 0.500. The summed E-state index contributed by atoms with van der Waals surface area (Å²) in [6, 6.07) is -0.0184. The number of aliphatic hydroxyl groups excluding tert-OH is 2. The average molecular weight is 590 g/mol. The van der Waals surface area contributed by atoms with Gasteiger partial charge in [-0.3, -0.25) is 19.3 Å². The van der Waals surface area contributed by atoms with E-state index < -0.39 is 69.6 Å². The fourth-order valence-corrected chi connectivity index (χ4v) is 5.97. The Morgan fingerprint density at radius 1 is 1.23 bits per heavy atom. The second kappa shape index (κ2) is 11.4. The van der Waals surface area contributed by atoms with Gasteiger partial charge in [0.2, 0.25) is 5.78 Å². The van der Waals surface area contributed by atoms with Crippen LogP contribution in [0.4, 0.5) is 4.39 Å². The van der Waals surface area contributed by atoms with Crippen molar-refractivity contribution < 1.29 is 39.2 Å². The van der Waals surface area contributed by atoms with Crippen LogP contribution in [-0.4, -0.2) is 75.1 Å². The lowest BCUT2D eigenvalue weighted by Crippen LogP contribution is -2.65. The molecule has 0 heterocycles. The van der Waals surface area contributed by atoms with Crippen molar-refractivity contribution in [1.82, 2.24) is 10.2 Å². The number of benzene rings is 1. The third kappa shape index (κ3) is 4.91. The third-order valence-electron chi connectivity index (χ3n) is 7.60. The minimum atomic E-state index is -2.72. The molecule has 4 rings (SSSR count). The van der Waals surface area contributed by atoms with Gasteiger partial charge in [-0.2, -0.15) is 0 Å². The van der Waals surface area contributed by atoms with Crippen LogP contribution in [0.15, 0.2) is 23.0 Å². The summed E-state index contributed by atoms with van der Waals surface area (Å²) in [5, 5.41) is 47.3. The van der Waals surface area contributed by atoms with Gasteiger partial charge in [-0.05, 0) is 51.4 Å². The molecule has 0 aromatic heterocycles. The van der Waals surface area contributed by atoms with E-state index in [1.807, 2.05) is 13.8 Å². The van der Waals surface area contributed by atoms with E-state index in [0.717, 1.165) is 0 Å². The van der Waals surface area contributed by atoms with Crippen molar-refractivity contribution in [3.05, 3.63) is 45.5 Å². The zero-order chi connectivity index (χ0) is 27.6. The number of halogens is 3. The molecule has 216 valence electrons. The first kappa shape index (κ1) is 32.5. The smallest absolute Gasteiger partial charge is 0.255 e. The van der Waals surface area contributed by atoms with Crippen LogP contribution in [0.2, 0.25) is 0 Å². The summed E-state index contributed by atoms with van der Waals surface area (Å²) in [4.78, 5) is 40.2. The van der Waals surface area contributed by atoms with E-state index in [2.05, 4.69) is 5.32 Å². The van der Waals surface area contributed by atoms with Gasteiger partial charge >= 0.3 is 0 Å². The number of rotatable bonds is 6.